The van der Waals surface area contributed by atoms with Gasteiger partial charge in [-0.3, -0.25) is 38.4 Å². The molecule has 11 atom stereocenters. The molecule has 0 saturated carbocycles. The van der Waals surface area contributed by atoms with E-state index >= 15 is 0 Å². The van der Waals surface area contributed by atoms with Crippen molar-refractivity contribution in [2.24, 2.45) is 35.3 Å². The van der Waals surface area contributed by atoms with Gasteiger partial charge in [0.05, 0.1) is 6.04 Å². The maximum atomic E-state index is 14.8. The molecule has 0 bridgehead atoms. The third kappa shape index (κ3) is 19.5. The van der Waals surface area contributed by atoms with Crippen molar-refractivity contribution in [3.8, 4) is 5.75 Å². The molecule has 0 spiro atoms. The molecular formula is C60H87N9O11. The number of nitrogens with two attached hydrogens (primary N) is 1. The minimum atomic E-state index is -1.35. The molecular weight excluding hydrogens is 1020 g/mol. The van der Waals surface area contributed by atoms with Crippen LogP contribution in [-0.4, -0.2) is 129 Å². The van der Waals surface area contributed by atoms with Crippen molar-refractivity contribution in [1.29, 1.82) is 0 Å². The van der Waals surface area contributed by atoms with Crippen molar-refractivity contribution in [3.63, 3.8) is 0 Å². The van der Waals surface area contributed by atoms with Crippen LogP contribution in [0.3, 0.4) is 0 Å². The Morgan fingerprint density at radius 3 is 1.44 bits per heavy atom. The third-order valence-corrected chi connectivity index (χ3v) is 14.8. The van der Waals surface area contributed by atoms with Crippen molar-refractivity contribution < 1.29 is 53.4 Å². The van der Waals surface area contributed by atoms with Crippen molar-refractivity contribution >= 4 is 53.2 Å². The molecule has 20 heteroatoms. The number of carboxylic acid groups (broad SMARTS) is 1. The molecule has 80 heavy (non-hydrogen) atoms. The first-order chi connectivity index (χ1) is 37.8. The predicted octanol–water partition coefficient (Wildman–Crippen LogP) is 3.67. The molecule has 1 aliphatic rings. The summed E-state index contributed by atoms with van der Waals surface area (Å²) in [5.74, 6) is -8.18. The minimum absolute atomic E-state index is 0.0153. The van der Waals surface area contributed by atoms with Gasteiger partial charge in [0, 0.05) is 25.8 Å². The van der Waals surface area contributed by atoms with Crippen LogP contribution >= 0.6 is 0 Å². The Labute approximate surface area is 471 Å². The van der Waals surface area contributed by atoms with Crippen molar-refractivity contribution in [2.75, 3.05) is 6.54 Å². The zero-order valence-electron chi connectivity index (χ0n) is 48.1. The highest BCUT2D eigenvalue weighted by Gasteiger charge is 2.42. The number of aromatic hydroxyl groups is 1. The summed E-state index contributed by atoms with van der Waals surface area (Å²) in [7, 11) is 0. The van der Waals surface area contributed by atoms with Crippen LogP contribution in [0, 0.1) is 29.6 Å². The Morgan fingerprint density at radius 1 is 0.525 bits per heavy atom. The third-order valence-electron chi connectivity index (χ3n) is 14.8. The Balaban J connectivity index is 1.61. The van der Waals surface area contributed by atoms with Crippen LogP contribution in [-0.2, 0) is 62.4 Å². The van der Waals surface area contributed by atoms with Crippen LogP contribution < -0.4 is 43.0 Å². The van der Waals surface area contributed by atoms with Crippen LogP contribution in [0.15, 0.2) is 84.9 Å². The van der Waals surface area contributed by atoms with Gasteiger partial charge >= 0.3 is 5.97 Å². The lowest BCUT2D eigenvalue weighted by molar-refractivity contribution is -0.144. The van der Waals surface area contributed by atoms with E-state index in [0.29, 0.717) is 36.0 Å². The molecule has 3 aromatic rings. The Kier molecular flexibility index (Phi) is 25.6. The first-order valence-electron chi connectivity index (χ1n) is 28.1. The van der Waals surface area contributed by atoms with E-state index in [0.717, 1.165) is 0 Å². The van der Waals surface area contributed by atoms with Crippen LogP contribution in [0.4, 0.5) is 0 Å². The fourth-order valence-electron chi connectivity index (χ4n) is 9.41. The average Bonchev–Trinajstić information content (AvgIpc) is 3.93. The SMILES string of the molecule is CC[C@H](C)[C@H](NC(=O)[C@H](Cc1ccccc1)NC(=O)[C@@H](NC(=O)[C@@H](N)C(C)C)C(C)C)C(=O)N[C@@H](Cc1ccc(O)cc1)C(=O)N[C@H](C(=O)N1CCC[C@H]1C(=O)N[C@@H](CC(C)C)C(=O)N[C@@H](Cc1ccccc1)C(=O)O)[C@@H](C)CC. The van der Waals surface area contributed by atoms with Gasteiger partial charge < -0.3 is 58.1 Å². The normalized spacial score (nSPS) is 17.1. The number of rotatable bonds is 30. The number of aliphatic carboxylic acids is 1. The van der Waals surface area contributed by atoms with Crippen LogP contribution in [0.5, 0.6) is 5.75 Å². The maximum absolute atomic E-state index is 14.8. The van der Waals surface area contributed by atoms with Crippen molar-refractivity contribution in [2.45, 2.75) is 175 Å². The topological polar surface area (TPSA) is 308 Å². The Hall–Kier alpha value is -7.35. The molecule has 1 aliphatic heterocycles. The summed E-state index contributed by atoms with van der Waals surface area (Å²) < 4.78 is 0. The monoisotopic (exact) mass is 1110 g/mol. The summed E-state index contributed by atoms with van der Waals surface area (Å²) >= 11 is 0. The Morgan fingerprint density at radius 2 is 0.963 bits per heavy atom. The summed E-state index contributed by atoms with van der Waals surface area (Å²) in [6.45, 7) is 18.1. The summed E-state index contributed by atoms with van der Waals surface area (Å²) in [4.78, 5) is 128. The number of likely N-dealkylation sites (tertiary alicyclic amines) is 1. The van der Waals surface area contributed by atoms with Gasteiger partial charge in [-0.2, -0.15) is 0 Å². The molecule has 1 fully saturated rings. The average molecular weight is 1110 g/mol. The minimum Gasteiger partial charge on any atom is -0.508 e. The number of amides is 8. The van der Waals surface area contributed by atoms with E-state index in [4.69, 9.17) is 5.73 Å². The number of hydrogen-bond donors (Lipinski definition) is 10. The molecule has 4 rings (SSSR count). The summed E-state index contributed by atoms with van der Waals surface area (Å²) in [5.41, 5.74) is 8.05. The number of carboxylic acids is 1. The molecule has 11 N–H and O–H groups in total. The summed E-state index contributed by atoms with van der Waals surface area (Å²) in [6.07, 6.45) is 1.60. The highest BCUT2D eigenvalue weighted by molar-refractivity contribution is 5.98. The highest BCUT2D eigenvalue weighted by Crippen LogP contribution is 2.23. The van der Waals surface area contributed by atoms with Crippen molar-refractivity contribution in [3.05, 3.63) is 102 Å². The second-order valence-electron chi connectivity index (χ2n) is 22.4. The molecule has 0 aliphatic carbocycles. The zero-order chi connectivity index (χ0) is 59.4. The highest BCUT2D eigenvalue weighted by atomic mass is 16.4. The van der Waals surface area contributed by atoms with Crippen LogP contribution in [0.2, 0.25) is 0 Å². The van der Waals surface area contributed by atoms with E-state index in [1.54, 1.807) is 114 Å². The second kappa shape index (κ2) is 31.4. The standard InChI is InChI=1S/C60H87N9O11/c1-11-37(9)50(67-53(72)44(31-39-20-15-13-16-21-39)63-57(76)49(36(7)8)66-56(75)48(61)35(5)6)58(77)64-45(32-41-25-27-42(70)28-26-41)54(73)68-51(38(10)12-2)59(78)69-29-19-24-47(69)55(74)62-43(30-34(3)4)52(71)65-46(60(79)80)33-40-22-17-14-18-23-40/h13-18,20-23,25-28,34-38,43-51,70H,11-12,19,24,29-33,61H2,1-10H3,(H,62,74)(H,63,76)(H,64,77)(H,65,71)(H,66,75)(H,67,72)(H,68,73)(H,79,80)/t37-,38-,43-,44-,45-,46-,47-,48-,49-,50-,51-/m0/s1. The first kappa shape index (κ1) is 65.2. The van der Waals surface area contributed by atoms with Gasteiger partial charge in [-0.1, -0.05) is 155 Å². The zero-order valence-corrected chi connectivity index (χ0v) is 48.1. The molecule has 1 saturated heterocycles. The summed E-state index contributed by atoms with van der Waals surface area (Å²) in [5, 5.41) is 39.7. The van der Waals surface area contributed by atoms with Gasteiger partial charge in [-0.25, -0.2) is 4.79 Å². The number of carbonyl (C=O) groups is 9. The quantitative estimate of drug-likeness (QED) is 0.0458. The second-order valence-corrected chi connectivity index (χ2v) is 22.4. The molecule has 0 radical (unpaired) electrons. The fourth-order valence-corrected chi connectivity index (χ4v) is 9.41. The van der Waals surface area contributed by atoms with Gasteiger partial charge in [0.2, 0.25) is 47.3 Å². The lowest BCUT2D eigenvalue weighted by Crippen LogP contribution is -2.62. The Bertz CT molecular complexity index is 2550. The predicted molar refractivity (Wildman–Crippen MR) is 304 cm³/mol. The number of benzene rings is 3. The van der Waals surface area contributed by atoms with E-state index in [2.05, 4.69) is 37.2 Å². The maximum Gasteiger partial charge on any atom is 0.326 e. The molecule has 0 unspecified atom stereocenters. The number of nitrogens with one attached hydrogen (secondary N) is 7. The number of carbonyl (C=O) groups excluding carboxylic acids is 8. The van der Waals surface area contributed by atoms with Gasteiger partial charge in [-0.05, 0) is 77.7 Å². The molecule has 438 valence electrons. The van der Waals surface area contributed by atoms with E-state index < -0.39 is 125 Å². The lowest BCUT2D eigenvalue weighted by atomic mass is 9.95. The molecule has 8 amide bonds. The van der Waals surface area contributed by atoms with Crippen molar-refractivity contribution in [1.82, 2.24) is 42.1 Å². The smallest absolute Gasteiger partial charge is 0.326 e. The van der Waals surface area contributed by atoms with Gasteiger partial charge in [0.1, 0.15) is 54.1 Å². The molecule has 0 aromatic heterocycles. The van der Waals surface area contributed by atoms with E-state index in [-0.39, 0.29) is 56.2 Å². The number of phenolic OH excluding ortho intramolecular Hbond substituents is 1. The molecule has 3 aromatic carbocycles. The number of hydrogen-bond acceptors (Lipinski definition) is 11. The van der Waals surface area contributed by atoms with E-state index in [1.807, 2.05) is 27.7 Å². The fraction of sp³-hybridized carbons (Fsp3) is 0.550. The van der Waals surface area contributed by atoms with Gasteiger partial charge in [-0.15, -0.1) is 0 Å². The number of nitrogens with zero attached hydrogens (tertiary/aromatic N) is 1. The van der Waals surface area contributed by atoms with E-state index in [9.17, 15) is 53.4 Å². The summed E-state index contributed by atoms with van der Waals surface area (Å²) in [6, 6.07) is 13.4. The van der Waals surface area contributed by atoms with Crippen LogP contribution in [0.1, 0.15) is 118 Å². The lowest BCUT2D eigenvalue weighted by Gasteiger charge is -2.33. The van der Waals surface area contributed by atoms with Gasteiger partial charge in [0.15, 0.2) is 0 Å². The van der Waals surface area contributed by atoms with Gasteiger partial charge in [0.25, 0.3) is 0 Å². The largest absolute Gasteiger partial charge is 0.508 e. The van der Waals surface area contributed by atoms with E-state index in [1.165, 1.54) is 17.0 Å². The molecule has 20 nitrogen and oxygen atoms in total. The van der Waals surface area contributed by atoms with Crippen LogP contribution in [0.25, 0.3) is 0 Å². The molecule has 1 heterocycles. The first-order valence-corrected chi connectivity index (χ1v) is 28.1. The number of phenols is 1.